The van der Waals surface area contributed by atoms with Gasteiger partial charge in [0.15, 0.2) is 11.5 Å². The second kappa shape index (κ2) is 6.76. The zero-order valence-corrected chi connectivity index (χ0v) is 16.1. The van der Waals surface area contributed by atoms with Crippen molar-refractivity contribution in [2.24, 2.45) is 7.05 Å². The van der Waals surface area contributed by atoms with Crippen molar-refractivity contribution >= 4 is 17.2 Å². The summed E-state index contributed by atoms with van der Waals surface area (Å²) in [6.07, 6.45) is 3.89. The fraction of sp³-hybridized carbons (Fsp3) is 0.190. The minimum absolute atomic E-state index is 0.0887. The summed E-state index contributed by atoms with van der Waals surface area (Å²) in [6.45, 7) is 1.15. The minimum atomic E-state index is -0.117. The third-order valence-corrected chi connectivity index (χ3v) is 5.83. The largest absolute Gasteiger partial charge is 0.355 e. The maximum Gasteiger partial charge on any atom is 0.276 e. The quantitative estimate of drug-likeness (QED) is 0.532. The van der Waals surface area contributed by atoms with Crippen molar-refractivity contribution in [1.29, 1.82) is 0 Å². The molecule has 5 rings (SSSR count). The van der Waals surface area contributed by atoms with E-state index in [0.717, 1.165) is 16.7 Å². The predicted octanol–water partition coefficient (Wildman–Crippen LogP) is 3.92. The maximum absolute atomic E-state index is 13.2. The van der Waals surface area contributed by atoms with Gasteiger partial charge in [-0.05, 0) is 28.1 Å². The molecule has 0 bridgehead atoms. The molecule has 0 N–H and O–H groups in total. The highest BCUT2D eigenvalue weighted by Crippen LogP contribution is 2.34. The maximum atomic E-state index is 13.2. The van der Waals surface area contributed by atoms with Crippen LogP contribution in [0.1, 0.15) is 33.1 Å². The first-order chi connectivity index (χ1) is 13.7. The van der Waals surface area contributed by atoms with Crippen molar-refractivity contribution in [1.82, 2.24) is 19.8 Å². The Bertz CT molecular complexity index is 1130. The molecule has 1 aromatic carbocycles. The molecule has 0 fully saturated rings. The topological polar surface area (TPSA) is 64.2 Å². The van der Waals surface area contributed by atoms with E-state index >= 15 is 0 Å². The van der Waals surface area contributed by atoms with Gasteiger partial charge in [-0.25, -0.2) is 0 Å². The smallest absolute Gasteiger partial charge is 0.276 e. The Morgan fingerprint density at radius 1 is 1.29 bits per heavy atom. The van der Waals surface area contributed by atoms with Crippen molar-refractivity contribution in [3.8, 4) is 11.3 Å². The molecule has 4 heterocycles. The van der Waals surface area contributed by atoms with Crippen LogP contribution in [0.25, 0.3) is 11.3 Å². The average molecular weight is 390 g/mol. The van der Waals surface area contributed by atoms with E-state index in [1.54, 1.807) is 22.1 Å². The molecule has 28 heavy (non-hydrogen) atoms. The van der Waals surface area contributed by atoms with E-state index < -0.39 is 0 Å². The summed E-state index contributed by atoms with van der Waals surface area (Å²) in [5, 5.41) is 12.3. The van der Waals surface area contributed by atoms with Crippen LogP contribution in [0.2, 0.25) is 0 Å². The van der Waals surface area contributed by atoms with E-state index in [0.29, 0.717) is 24.5 Å². The number of aryl methyl sites for hydroxylation is 1. The molecular weight excluding hydrogens is 372 g/mol. The Labute approximate surface area is 166 Å². The Balaban J connectivity index is 1.47. The fourth-order valence-electron chi connectivity index (χ4n) is 3.75. The first kappa shape index (κ1) is 16.9. The van der Waals surface area contributed by atoms with E-state index in [-0.39, 0.29) is 11.8 Å². The summed E-state index contributed by atoms with van der Waals surface area (Å²) in [7, 11) is 1.91. The number of benzene rings is 1. The molecule has 7 heteroatoms. The van der Waals surface area contributed by atoms with Gasteiger partial charge < -0.3 is 9.42 Å². The predicted molar refractivity (Wildman–Crippen MR) is 106 cm³/mol. The van der Waals surface area contributed by atoms with Crippen molar-refractivity contribution in [3.63, 3.8) is 0 Å². The van der Waals surface area contributed by atoms with Gasteiger partial charge in [-0.15, -0.1) is 0 Å². The molecule has 140 valence electrons. The summed E-state index contributed by atoms with van der Waals surface area (Å²) in [5.74, 6) is 0.588. The SMILES string of the molecule is Cn1cc(C2CN(C(=O)c3cc(-c4ccsc4)on3)Cc3ccccc32)cn1. The van der Waals surface area contributed by atoms with Gasteiger partial charge in [0.25, 0.3) is 5.91 Å². The van der Waals surface area contributed by atoms with Crippen LogP contribution in [-0.4, -0.2) is 32.3 Å². The van der Waals surface area contributed by atoms with E-state index in [1.807, 2.05) is 53.3 Å². The zero-order chi connectivity index (χ0) is 19.1. The number of aromatic nitrogens is 3. The van der Waals surface area contributed by atoms with Gasteiger partial charge in [0.2, 0.25) is 0 Å². The lowest BCUT2D eigenvalue weighted by Gasteiger charge is -2.34. The Hall–Kier alpha value is -3.19. The zero-order valence-electron chi connectivity index (χ0n) is 15.3. The molecule has 3 aromatic heterocycles. The number of carbonyl (C=O) groups excluding carboxylic acids is 1. The Morgan fingerprint density at radius 2 is 2.18 bits per heavy atom. The number of hydrogen-bond donors (Lipinski definition) is 0. The van der Waals surface area contributed by atoms with Gasteiger partial charge >= 0.3 is 0 Å². The third kappa shape index (κ3) is 2.93. The molecule has 1 aliphatic heterocycles. The standard InChI is InChI=1S/C21H18N4O2S/c1-24-10-16(9-22-24)18-12-25(11-14-4-2-3-5-17(14)18)21(26)19-8-20(27-23-19)15-6-7-28-13-15/h2-10,13,18H,11-12H2,1H3. The summed E-state index contributed by atoms with van der Waals surface area (Å²) >= 11 is 1.58. The molecule has 0 radical (unpaired) electrons. The molecule has 0 saturated carbocycles. The van der Waals surface area contributed by atoms with Crippen LogP contribution in [0.15, 0.2) is 64.1 Å². The average Bonchev–Trinajstić information content (AvgIpc) is 3.47. The van der Waals surface area contributed by atoms with Crippen LogP contribution in [0.4, 0.5) is 0 Å². The first-order valence-corrected chi connectivity index (χ1v) is 9.98. The van der Waals surface area contributed by atoms with Gasteiger partial charge in [0.05, 0.1) is 6.20 Å². The highest BCUT2D eigenvalue weighted by atomic mass is 32.1. The van der Waals surface area contributed by atoms with Crippen LogP contribution < -0.4 is 0 Å². The molecule has 6 nitrogen and oxygen atoms in total. The lowest BCUT2D eigenvalue weighted by atomic mass is 9.86. The number of fused-ring (bicyclic) bond motifs is 1. The summed E-state index contributed by atoms with van der Waals surface area (Å²) in [4.78, 5) is 15.0. The molecule has 0 saturated heterocycles. The minimum Gasteiger partial charge on any atom is -0.355 e. The van der Waals surface area contributed by atoms with E-state index in [9.17, 15) is 4.79 Å². The van der Waals surface area contributed by atoms with Crippen molar-refractivity contribution in [3.05, 3.63) is 81.9 Å². The van der Waals surface area contributed by atoms with Gasteiger partial charge in [-0.3, -0.25) is 9.48 Å². The fourth-order valence-corrected chi connectivity index (χ4v) is 4.39. The van der Waals surface area contributed by atoms with Crippen LogP contribution in [0.5, 0.6) is 0 Å². The Kier molecular flexibility index (Phi) is 4.09. The highest BCUT2D eigenvalue weighted by Gasteiger charge is 2.31. The first-order valence-electron chi connectivity index (χ1n) is 9.04. The van der Waals surface area contributed by atoms with Crippen LogP contribution in [0, 0.1) is 0 Å². The molecule has 1 aliphatic rings. The lowest BCUT2D eigenvalue weighted by Crippen LogP contribution is -2.38. The van der Waals surface area contributed by atoms with Gasteiger partial charge in [0.1, 0.15) is 0 Å². The number of rotatable bonds is 3. The summed E-state index contributed by atoms with van der Waals surface area (Å²) < 4.78 is 7.20. The second-order valence-electron chi connectivity index (χ2n) is 6.97. The number of amides is 1. The van der Waals surface area contributed by atoms with E-state index in [2.05, 4.69) is 22.4 Å². The van der Waals surface area contributed by atoms with E-state index in [1.165, 1.54) is 5.56 Å². The monoisotopic (exact) mass is 390 g/mol. The summed E-state index contributed by atoms with van der Waals surface area (Å²) in [5.41, 5.74) is 4.78. The third-order valence-electron chi connectivity index (χ3n) is 5.14. The van der Waals surface area contributed by atoms with E-state index in [4.69, 9.17) is 4.52 Å². The molecular formula is C21H18N4O2S. The molecule has 0 aliphatic carbocycles. The molecule has 0 spiro atoms. The van der Waals surface area contributed by atoms with Crippen molar-refractivity contribution in [2.45, 2.75) is 12.5 Å². The lowest BCUT2D eigenvalue weighted by molar-refractivity contribution is 0.0714. The van der Waals surface area contributed by atoms with Crippen LogP contribution in [0.3, 0.4) is 0 Å². The van der Waals surface area contributed by atoms with Crippen molar-refractivity contribution in [2.75, 3.05) is 6.54 Å². The second-order valence-corrected chi connectivity index (χ2v) is 7.75. The van der Waals surface area contributed by atoms with Crippen molar-refractivity contribution < 1.29 is 9.32 Å². The number of nitrogens with zero attached hydrogens (tertiary/aromatic N) is 4. The highest BCUT2D eigenvalue weighted by molar-refractivity contribution is 7.08. The number of thiophene rings is 1. The van der Waals surface area contributed by atoms with Gasteiger partial charge in [-0.1, -0.05) is 29.4 Å². The van der Waals surface area contributed by atoms with Gasteiger partial charge in [-0.2, -0.15) is 16.4 Å². The molecule has 1 unspecified atom stereocenters. The van der Waals surface area contributed by atoms with Crippen LogP contribution in [-0.2, 0) is 13.6 Å². The Morgan fingerprint density at radius 3 is 2.96 bits per heavy atom. The normalized spacial score (nSPS) is 16.2. The number of carbonyl (C=O) groups is 1. The molecule has 1 amide bonds. The van der Waals surface area contributed by atoms with Gasteiger partial charge in [0, 0.05) is 49.3 Å². The van der Waals surface area contributed by atoms with Crippen LogP contribution >= 0.6 is 11.3 Å². The summed E-state index contributed by atoms with van der Waals surface area (Å²) in [6, 6.07) is 12.0. The molecule has 4 aromatic rings. The molecule has 1 atom stereocenters. The number of hydrogen-bond acceptors (Lipinski definition) is 5.